The van der Waals surface area contributed by atoms with Crippen molar-refractivity contribution in [3.63, 3.8) is 0 Å². The molecular formula is C23H25FN4O3. The number of carbonyl (C=O) groups is 1. The first-order chi connectivity index (χ1) is 15.0. The molecule has 1 N–H and O–H groups in total. The van der Waals surface area contributed by atoms with E-state index >= 15 is 0 Å². The van der Waals surface area contributed by atoms with Crippen LogP contribution in [0.5, 0.6) is 5.75 Å². The van der Waals surface area contributed by atoms with Crippen LogP contribution in [-0.4, -0.2) is 34.0 Å². The number of fused-ring (bicyclic) bond motifs is 1. The van der Waals surface area contributed by atoms with Gasteiger partial charge in [-0.3, -0.25) is 4.79 Å². The standard InChI is InChI=1S/C23H23FN4O3.H2/c1-14-7-6-9-18-17(14)11-19(28(18)13-15(2)24)23-27-26-21(31-23)12-25-22(29)16-8-4-5-10-20(16)30-3;/h4-11,15H,12-13H2,1-3H3,(H,25,29);1H. The highest BCUT2D eigenvalue weighted by atomic mass is 19.1. The minimum Gasteiger partial charge on any atom is -0.496 e. The number of nitrogens with one attached hydrogen (secondary N) is 1. The van der Waals surface area contributed by atoms with Crippen molar-refractivity contribution < 1.29 is 19.8 Å². The minimum atomic E-state index is -1.04. The predicted octanol–water partition coefficient (Wildman–Crippen LogP) is 4.54. The maximum absolute atomic E-state index is 13.9. The smallest absolute Gasteiger partial charge is 0.264 e. The van der Waals surface area contributed by atoms with E-state index in [1.54, 1.807) is 24.3 Å². The summed E-state index contributed by atoms with van der Waals surface area (Å²) in [6.07, 6.45) is -1.04. The second-order valence-corrected chi connectivity index (χ2v) is 7.31. The van der Waals surface area contributed by atoms with Crippen molar-refractivity contribution in [1.82, 2.24) is 20.1 Å². The summed E-state index contributed by atoms with van der Waals surface area (Å²) >= 11 is 0. The first-order valence-electron chi connectivity index (χ1n) is 9.95. The number of halogens is 1. The van der Waals surface area contributed by atoms with Gasteiger partial charge in [-0.25, -0.2) is 4.39 Å². The van der Waals surface area contributed by atoms with E-state index < -0.39 is 6.17 Å². The average Bonchev–Trinajstić information content (AvgIpc) is 3.37. The summed E-state index contributed by atoms with van der Waals surface area (Å²) in [4.78, 5) is 12.5. The van der Waals surface area contributed by atoms with Gasteiger partial charge in [0.15, 0.2) is 0 Å². The molecule has 1 amide bonds. The Kier molecular flexibility index (Phi) is 5.70. The molecule has 0 bridgehead atoms. The fraction of sp³-hybridized carbons (Fsp3) is 0.261. The van der Waals surface area contributed by atoms with Gasteiger partial charge >= 0.3 is 0 Å². The van der Waals surface area contributed by atoms with E-state index in [2.05, 4.69) is 15.5 Å². The molecule has 1 unspecified atom stereocenters. The zero-order chi connectivity index (χ0) is 22.0. The summed E-state index contributed by atoms with van der Waals surface area (Å²) in [6, 6.07) is 14.7. The van der Waals surface area contributed by atoms with Crippen LogP contribution in [0.3, 0.4) is 0 Å². The Morgan fingerprint density at radius 2 is 2.06 bits per heavy atom. The predicted molar refractivity (Wildman–Crippen MR) is 117 cm³/mol. The molecule has 2 heterocycles. The molecule has 1 atom stereocenters. The minimum absolute atomic E-state index is 0. The van der Waals surface area contributed by atoms with Gasteiger partial charge in [-0.15, -0.1) is 10.2 Å². The van der Waals surface area contributed by atoms with Crippen molar-refractivity contribution in [2.45, 2.75) is 33.1 Å². The molecule has 0 aliphatic carbocycles. The normalized spacial score (nSPS) is 12.1. The largest absolute Gasteiger partial charge is 0.496 e. The van der Waals surface area contributed by atoms with Crippen LogP contribution in [0.15, 0.2) is 52.9 Å². The van der Waals surface area contributed by atoms with Gasteiger partial charge in [0, 0.05) is 12.3 Å². The van der Waals surface area contributed by atoms with Crippen molar-refractivity contribution >= 4 is 16.8 Å². The number of rotatable bonds is 7. The molecule has 2 aromatic heterocycles. The van der Waals surface area contributed by atoms with Crippen LogP contribution in [0, 0.1) is 6.92 Å². The van der Waals surface area contributed by atoms with Gasteiger partial charge in [-0.05, 0) is 43.7 Å². The van der Waals surface area contributed by atoms with Crippen LogP contribution in [-0.2, 0) is 13.1 Å². The van der Waals surface area contributed by atoms with Gasteiger partial charge < -0.3 is 19.0 Å². The third-order valence-electron chi connectivity index (χ3n) is 5.04. The molecule has 162 valence electrons. The molecule has 0 fully saturated rings. The molecule has 4 rings (SSSR count). The molecule has 0 aliphatic rings. The van der Waals surface area contributed by atoms with E-state index in [-0.39, 0.29) is 32.2 Å². The van der Waals surface area contributed by atoms with Crippen LogP contribution in [0.25, 0.3) is 22.5 Å². The SMILES string of the molecule is COc1ccccc1C(=O)NCc1nnc(-c2cc3c(C)cccc3n2CC(C)F)o1.[HH]. The van der Waals surface area contributed by atoms with Crippen LogP contribution >= 0.6 is 0 Å². The van der Waals surface area contributed by atoms with Crippen molar-refractivity contribution in [2.75, 3.05) is 7.11 Å². The van der Waals surface area contributed by atoms with E-state index in [4.69, 9.17) is 9.15 Å². The number of nitrogens with zero attached hydrogens (tertiary/aromatic N) is 3. The van der Waals surface area contributed by atoms with E-state index in [9.17, 15) is 9.18 Å². The fourth-order valence-corrected chi connectivity index (χ4v) is 3.57. The number of carbonyl (C=O) groups excluding carboxylic acids is 1. The molecule has 0 radical (unpaired) electrons. The second-order valence-electron chi connectivity index (χ2n) is 7.31. The molecule has 2 aromatic carbocycles. The van der Waals surface area contributed by atoms with Gasteiger partial charge in [0.05, 0.1) is 25.8 Å². The van der Waals surface area contributed by atoms with Crippen LogP contribution in [0.1, 0.15) is 30.2 Å². The summed E-state index contributed by atoms with van der Waals surface area (Å²) < 4.78 is 26.7. The number of methoxy groups -OCH3 is 1. The quantitative estimate of drug-likeness (QED) is 0.471. The topological polar surface area (TPSA) is 82.2 Å². The third-order valence-corrected chi connectivity index (χ3v) is 5.04. The number of hydrogen-bond donors (Lipinski definition) is 1. The molecule has 0 spiro atoms. The molecule has 7 nitrogen and oxygen atoms in total. The Bertz CT molecular complexity index is 1240. The molecule has 0 aliphatic heterocycles. The van der Waals surface area contributed by atoms with Gasteiger partial charge in [0.1, 0.15) is 17.6 Å². The maximum atomic E-state index is 13.9. The first-order valence-corrected chi connectivity index (χ1v) is 9.95. The maximum Gasteiger partial charge on any atom is 0.264 e. The highest BCUT2D eigenvalue weighted by Gasteiger charge is 2.19. The Morgan fingerprint density at radius 1 is 1.26 bits per heavy atom. The van der Waals surface area contributed by atoms with Gasteiger partial charge in [0.25, 0.3) is 11.8 Å². The number of aryl methyl sites for hydroxylation is 1. The molecule has 31 heavy (non-hydrogen) atoms. The van der Waals surface area contributed by atoms with Crippen molar-refractivity contribution in [1.29, 1.82) is 0 Å². The molecule has 0 saturated carbocycles. The summed E-state index contributed by atoms with van der Waals surface area (Å²) in [5, 5.41) is 11.9. The Balaban J connectivity index is 0.00000289. The lowest BCUT2D eigenvalue weighted by molar-refractivity contribution is 0.0944. The zero-order valence-corrected chi connectivity index (χ0v) is 17.6. The van der Waals surface area contributed by atoms with Crippen LogP contribution in [0.2, 0.25) is 0 Å². The summed E-state index contributed by atoms with van der Waals surface area (Å²) in [6.45, 7) is 3.74. The molecule has 4 aromatic rings. The van der Waals surface area contributed by atoms with Gasteiger partial charge in [-0.1, -0.05) is 24.3 Å². The van der Waals surface area contributed by atoms with Crippen molar-refractivity contribution in [3.8, 4) is 17.3 Å². The number of para-hydroxylation sites is 1. The van der Waals surface area contributed by atoms with Crippen LogP contribution < -0.4 is 10.1 Å². The van der Waals surface area contributed by atoms with Crippen molar-refractivity contribution in [2.24, 2.45) is 0 Å². The second kappa shape index (κ2) is 8.59. The molecular weight excluding hydrogens is 399 g/mol. The Hall–Kier alpha value is -3.68. The monoisotopic (exact) mass is 424 g/mol. The number of ether oxygens (including phenoxy) is 1. The van der Waals surface area contributed by atoms with Gasteiger partial charge in [0.2, 0.25) is 5.89 Å². The Morgan fingerprint density at radius 3 is 2.84 bits per heavy atom. The molecule has 8 heteroatoms. The summed E-state index contributed by atoms with van der Waals surface area (Å²) in [5.74, 6) is 0.692. The number of aromatic nitrogens is 3. The third kappa shape index (κ3) is 4.14. The lowest BCUT2D eigenvalue weighted by Crippen LogP contribution is -2.23. The lowest BCUT2D eigenvalue weighted by atomic mass is 10.1. The summed E-state index contributed by atoms with van der Waals surface area (Å²) in [7, 11) is 1.51. The highest BCUT2D eigenvalue weighted by molar-refractivity contribution is 5.96. The zero-order valence-electron chi connectivity index (χ0n) is 17.6. The number of hydrogen-bond acceptors (Lipinski definition) is 5. The highest BCUT2D eigenvalue weighted by Crippen LogP contribution is 2.30. The number of alkyl halides is 1. The lowest BCUT2D eigenvalue weighted by Gasteiger charge is -2.09. The Labute approximate surface area is 180 Å². The van der Waals surface area contributed by atoms with Crippen molar-refractivity contribution in [3.05, 3.63) is 65.5 Å². The fourth-order valence-electron chi connectivity index (χ4n) is 3.57. The van der Waals surface area contributed by atoms with Crippen LogP contribution in [0.4, 0.5) is 4.39 Å². The number of amides is 1. The van der Waals surface area contributed by atoms with Gasteiger partial charge in [-0.2, -0.15) is 0 Å². The van der Waals surface area contributed by atoms with E-state index in [1.165, 1.54) is 14.0 Å². The van der Waals surface area contributed by atoms with E-state index in [0.717, 1.165) is 16.5 Å². The number of benzene rings is 2. The van der Waals surface area contributed by atoms with E-state index in [0.29, 0.717) is 17.0 Å². The van der Waals surface area contributed by atoms with E-state index in [1.807, 2.05) is 35.8 Å². The average molecular weight is 424 g/mol. The first kappa shape index (κ1) is 20.6. The molecule has 0 saturated heterocycles. The summed E-state index contributed by atoms with van der Waals surface area (Å²) in [5.41, 5.74) is 3.04.